The molecule has 0 aromatic heterocycles. The quantitative estimate of drug-likeness (QED) is 0.403. The molecular formula is C20H23BO6. The van der Waals surface area contributed by atoms with Crippen molar-refractivity contribution in [3.63, 3.8) is 0 Å². The third kappa shape index (κ3) is 1.55. The number of carbonyl (C=O) groups excluding carboxylic acids is 4. The van der Waals surface area contributed by atoms with Crippen molar-refractivity contribution >= 4 is 31.4 Å². The number of methoxy groups -OCH3 is 1. The highest BCUT2D eigenvalue weighted by Crippen LogP contribution is 2.77. The summed E-state index contributed by atoms with van der Waals surface area (Å²) < 4.78 is 11.1. The molecule has 4 bridgehead atoms. The molecule has 0 aromatic carbocycles. The summed E-state index contributed by atoms with van der Waals surface area (Å²) in [6.45, 7) is 1.60. The maximum atomic E-state index is 13.1. The molecular weight excluding hydrogens is 347 g/mol. The van der Waals surface area contributed by atoms with Gasteiger partial charge in [-0.05, 0) is 43.8 Å². The van der Waals surface area contributed by atoms with Crippen molar-refractivity contribution in [3.8, 4) is 0 Å². The molecule has 0 aromatic rings. The van der Waals surface area contributed by atoms with E-state index < -0.39 is 45.6 Å². The third-order valence-electron chi connectivity index (χ3n) is 8.79. The third-order valence-corrected chi connectivity index (χ3v) is 8.79. The first-order valence-electron chi connectivity index (χ1n) is 9.80. The molecule has 5 aliphatic rings. The van der Waals surface area contributed by atoms with E-state index in [9.17, 15) is 19.2 Å². The Hall–Kier alpha value is -1.92. The molecule has 1 heterocycles. The second-order valence-electron chi connectivity index (χ2n) is 9.36. The van der Waals surface area contributed by atoms with E-state index in [2.05, 4.69) is 0 Å². The minimum absolute atomic E-state index is 0.139. The van der Waals surface area contributed by atoms with Crippen LogP contribution >= 0.6 is 0 Å². The van der Waals surface area contributed by atoms with Gasteiger partial charge in [0, 0.05) is 23.7 Å². The fourth-order valence-corrected chi connectivity index (χ4v) is 7.58. The zero-order valence-corrected chi connectivity index (χ0v) is 15.9. The molecule has 0 unspecified atom stereocenters. The van der Waals surface area contributed by atoms with Crippen molar-refractivity contribution in [2.45, 2.75) is 44.5 Å². The summed E-state index contributed by atoms with van der Waals surface area (Å²) in [5.41, 5.74) is -3.37. The highest BCUT2D eigenvalue weighted by atomic mass is 16.6. The SMILES string of the molecule is BC[C@@]12CC[C@@H]3[C@@](CC1=O)(C2)[C@@H](C(=O)OC)[C@@H]1[C@]2(C)C(=O)C=C[C@]13OC2=O. The van der Waals surface area contributed by atoms with Gasteiger partial charge in [0.25, 0.3) is 0 Å². The molecule has 7 heteroatoms. The number of ketones is 2. The number of carbonyl (C=O) groups is 4. The van der Waals surface area contributed by atoms with Crippen molar-refractivity contribution in [3.05, 3.63) is 12.2 Å². The Bertz CT molecular complexity index is 849. The Kier molecular flexibility index (Phi) is 3.01. The summed E-state index contributed by atoms with van der Waals surface area (Å²) in [4.78, 5) is 51.7. The molecule has 1 aliphatic heterocycles. The molecule has 4 aliphatic carbocycles. The maximum absolute atomic E-state index is 13.1. The van der Waals surface area contributed by atoms with Crippen LogP contribution in [-0.2, 0) is 28.7 Å². The Morgan fingerprint density at radius 2 is 2.11 bits per heavy atom. The Morgan fingerprint density at radius 1 is 1.37 bits per heavy atom. The van der Waals surface area contributed by atoms with E-state index in [1.807, 2.05) is 7.85 Å². The highest BCUT2D eigenvalue weighted by Gasteiger charge is 2.84. The lowest BCUT2D eigenvalue weighted by molar-refractivity contribution is -0.161. The fraction of sp³-hybridized carbons (Fsp3) is 0.700. The molecule has 7 atom stereocenters. The van der Waals surface area contributed by atoms with Crippen LogP contribution in [0.2, 0.25) is 6.32 Å². The Balaban J connectivity index is 1.77. The minimum Gasteiger partial charge on any atom is -0.469 e. The van der Waals surface area contributed by atoms with Crippen LogP contribution in [0.3, 0.4) is 0 Å². The summed E-state index contributed by atoms with van der Waals surface area (Å²) in [6.07, 6.45) is 6.29. The van der Waals surface area contributed by atoms with Gasteiger partial charge in [0.15, 0.2) is 5.78 Å². The molecule has 1 saturated heterocycles. The number of hydrogen-bond acceptors (Lipinski definition) is 6. The number of rotatable bonds is 2. The smallest absolute Gasteiger partial charge is 0.321 e. The second kappa shape index (κ2) is 4.73. The first kappa shape index (κ1) is 17.2. The topological polar surface area (TPSA) is 86.7 Å². The van der Waals surface area contributed by atoms with Crippen LogP contribution in [0.1, 0.15) is 32.6 Å². The summed E-state index contributed by atoms with van der Waals surface area (Å²) in [5, 5.41) is 0. The molecule has 27 heavy (non-hydrogen) atoms. The van der Waals surface area contributed by atoms with Gasteiger partial charge in [-0.15, -0.1) is 0 Å². The second-order valence-corrected chi connectivity index (χ2v) is 9.36. The average molecular weight is 370 g/mol. The summed E-state index contributed by atoms with van der Waals surface area (Å²) in [5.74, 6) is -2.52. The van der Waals surface area contributed by atoms with Crippen molar-refractivity contribution in [1.82, 2.24) is 0 Å². The molecule has 4 fully saturated rings. The lowest BCUT2D eigenvalue weighted by Gasteiger charge is -2.45. The van der Waals surface area contributed by atoms with E-state index >= 15 is 0 Å². The Labute approximate surface area is 158 Å². The monoisotopic (exact) mass is 370 g/mol. The van der Waals surface area contributed by atoms with Crippen LogP contribution in [-0.4, -0.2) is 44.1 Å². The van der Waals surface area contributed by atoms with E-state index in [1.165, 1.54) is 13.2 Å². The number of esters is 2. The molecule has 5 rings (SSSR count). The van der Waals surface area contributed by atoms with E-state index in [0.29, 0.717) is 19.3 Å². The van der Waals surface area contributed by atoms with Gasteiger partial charge in [-0.2, -0.15) is 0 Å². The molecule has 142 valence electrons. The van der Waals surface area contributed by atoms with Crippen LogP contribution in [0.4, 0.5) is 0 Å². The number of Topliss-reactive ketones (excluding diaryl/α,β-unsaturated/α-hetero) is 1. The van der Waals surface area contributed by atoms with Gasteiger partial charge in [-0.25, -0.2) is 0 Å². The highest BCUT2D eigenvalue weighted by molar-refractivity contribution is 6.14. The van der Waals surface area contributed by atoms with Gasteiger partial charge in [-0.1, -0.05) is 6.32 Å². The lowest BCUT2D eigenvalue weighted by atomic mass is 9.57. The van der Waals surface area contributed by atoms with E-state index in [0.717, 1.165) is 12.7 Å². The van der Waals surface area contributed by atoms with Crippen molar-refractivity contribution in [1.29, 1.82) is 0 Å². The van der Waals surface area contributed by atoms with Crippen molar-refractivity contribution in [2.24, 2.45) is 34.0 Å². The fourth-order valence-electron chi connectivity index (χ4n) is 7.58. The lowest BCUT2D eigenvalue weighted by Crippen LogP contribution is -2.49. The molecule has 6 nitrogen and oxygen atoms in total. The van der Waals surface area contributed by atoms with E-state index in [1.54, 1.807) is 13.0 Å². The summed E-state index contributed by atoms with van der Waals surface area (Å²) in [6, 6.07) is 0. The number of ether oxygens (including phenoxy) is 2. The van der Waals surface area contributed by atoms with E-state index in [-0.39, 0.29) is 17.5 Å². The van der Waals surface area contributed by atoms with Gasteiger partial charge in [0.1, 0.15) is 24.6 Å². The summed E-state index contributed by atoms with van der Waals surface area (Å²) >= 11 is 0. The predicted molar refractivity (Wildman–Crippen MR) is 95.3 cm³/mol. The number of allylic oxidation sites excluding steroid dienone is 1. The average Bonchev–Trinajstić information content (AvgIpc) is 3.09. The largest absolute Gasteiger partial charge is 0.469 e. The van der Waals surface area contributed by atoms with Crippen LogP contribution in [0.5, 0.6) is 0 Å². The van der Waals surface area contributed by atoms with Gasteiger partial charge < -0.3 is 9.47 Å². The first-order valence-corrected chi connectivity index (χ1v) is 9.80. The number of fused-ring (bicyclic) bond motifs is 1. The summed E-state index contributed by atoms with van der Waals surface area (Å²) in [7, 11) is 3.36. The van der Waals surface area contributed by atoms with Gasteiger partial charge in [-0.3, -0.25) is 19.2 Å². The first-order chi connectivity index (χ1) is 12.7. The van der Waals surface area contributed by atoms with Gasteiger partial charge >= 0.3 is 11.9 Å². The molecule has 0 N–H and O–H groups in total. The predicted octanol–water partition coefficient (Wildman–Crippen LogP) is 0.643. The molecule has 0 amide bonds. The zero-order chi connectivity index (χ0) is 19.4. The van der Waals surface area contributed by atoms with Crippen LogP contribution < -0.4 is 0 Å². The normalized spacial score (nSPS) is 51.8. The van der Waals surface area contributed by atoms with Crippen LogP contribution in [0.25, 0.3) is 0 Å². The molecule has 0 radical (unpaired) electrons. The van der Waals surface area contributed by atoms with E-state index in [4.69, 9.17) is 9.47 Å². The van der Waals surface area contributed by atoms with Crippen LogP contribution in [0, 0.1) is 34.0 Å². The minimum atomic E-state index is -1.39. The molecule has 3 saturated carbocycles. The maximum Gasteiger partial charge on any atom is 0.321 e. The number of hydrogen-bond donors (Lipinski definition) is 0. The van der Waals surface area contributed by atoms with Crippen molar-refractivity contribution in [2.75, 3.05) is 7.11 Å². The zero-order valence-electron chi connectivity index (χ0n) is 15.9. The van der Waals surface area contributed by atoms with Crippen LogP contribution in [0.15, 0.2) is 12.2 Å². The van der Waals surface area contributed by atoms with Crippen molar-refractivity contribution < 1.29 is 28.7 Å². The van der Waals surface area contributed by atoms with Gasteiger partial charge in [0.2, 0.25) is 0 Å². The molecule has 1 spiro atoms. The van der Waals surface area contributed by atoms with Gasteiger partial charge in [0.05, 0.1) is 13.0 Å². The standard InChI is InChI=1S/C20H23BO6/c1-17-11(22)4-6-20(27-16(17)25)10-3-5-18(9-21)8-19(10,7-12(18)23)13(14(17)20)15(24)26-2/h4,6,10,13-14H,3,5,7-9,21H2,1-2H3/t10-,13-,14-,17+,18+,19-,20-/m1/s1. The Morgan fingerprint density at radius 3 is 2.78 bits per heavy atom.